The lowest BCUT2D eigenvalue weighted by Gasteiger charge is -2.16. The van der Waals surface area contributed by atoms with Crippen LogP contribution in [0.15, 0.2) is 54.7 Å². The molecule has 1 aliphatic heterocycles. The van der Waals surface area contributed by atoms with Crippen molar-refractivity contribution in [3.05, 3.63) is 65.3 Å². The Balaban J connectivity index is 1.53. The van der Waals surface area contributed by atoms with Crippen LogP contribution in [-0.4, -0.2) is 35.4 Å². The van der Waals surface area contributed by atoms with Gasteiger partial charge in [-0.25, -0.2) is 4.98 Å². The van der Waals surface area contributed by atoms with Gasteiger partial charge >= 0.3 is 0 Å². The average Bonchev–Trinajstić information content (AvgIpc) is 3.19. The predicted molar refractivity (Wildman–Crippen MR) is 103 cm³/mol. The molecule has 1 atom stereocenters. The molecule has 0 amide bonds. The van der Waals surface area contributed by atoms with Crippen molar-refractivity contribution in [2.75, 3.05) is 25.1 Å². The summed E-state index contributed by atoms with van der Waals surface area (Å²) in [4.78, 5) is 6.90. The molecule has 4 rings (SSSR count). The first-order chi connectivity index (χ1) is 12.7. The smallest absolute Gasteiger partial charge is 0.245 e. The zero-order valence-corrected chi connectivity index (χ0v) is 15.2. The van der Waals surface area contributed by atoms with E-state index in [9.17, 15) is 0 Å². The molecule has 2 aromatic carbocycles. The molecule has 0 spiro atoms. The Labute approximate surface area is 157 Å². The molecule has 3 aromatic rings. The van der Waals surface area contributed by atoms with Gasteiger partial charge in [0.25, 0.3) is 0 Å². The molecule has 1 aromatic heterocycles. The molecule has 0 N–H and O–H groups in total. The van der Waals surface area contributed by atoms with E-state index < -0.39 is 0 Å². The quantitative estimate of drug-likeness (QED) is 0.692. The summed E-state index contributed by atoms with van der Waals surface area (Å²) in [6.07, 6.45) is 2.74. The van der Waals surface area contributed by atoms with E-state index in [1.807, 2.05) is 42.5 Å². The van der Waals surface area contributed by atoms with Crippen LogP contribution in [0.25, 0.3) is 11.3 Å². The Kier molecular flexibility index (Phi) is 4.71. The summed E-state index contributed by atoms with van der Waals surface area (Å²) in [7, 11) is 1.66. The van der Waals surface area contributed by atoms with E-state index in [1.165, 1.54) is 5.56 Å². The Morgan fingerprint density at radius 2 is 2.00 bits per heavy atom. The van der Waals surface area contributed by atoms with Crippen molar-refractivity contribution < 1.29 is 4.74 Å². The van der Waals surface area contributed by atoms with Crippen LogP contribution in [0.4, 0.5) is 5.95 Å². The molecule has 1 saturated heterocycles. The number of rotatable bonds is 4. The molecule has 1 aliphatic rings. The predicted octanol–water partition coefficient (Wildman–Crippen LogP) is 4.19. The number of anilines is 1. The molecule has 0 bridgehead atoms. The third kappa shape index (κ3) is 3.48. The fourth-order valence-corrected chi connectivity index (χ4v) is 3.50. The number of ether oxygens (including phenoxy) is 1. The number of benzene rings is 2. The fraction of sp³-hybridized carbons (Fsp3) is 0.250. The van der Waals surface area contributed by atoms with E-state index in [-0.39, 0.29) is 0 Å². The highest BCUT2D eigenvalue weighted by atomic mass is 35.5. The van der Waals surface area contributed by atoms with Gasteiger partial charge in [-0.3, -0.25) is 0 Å². The second kappa shape index (κ2) is 7.30. The van der Waals surface area contributed by atoms with E-state index in [0.717, 1.165) is 41.5 Å². The van der Waals surface area contributed by atoms with Gasteiger partial charge in [0.2, 0.25) is 5.95 Å². The van der Waals surface area contributed by atoms with Gasteiger partial charge in [-0.15, -0.1) is 5.10 Å². The highest BCUT2D eigenvalue weighted by Crippen LogP contribution is 2.31. The van der Waals surface area contributed by atoms with Crippen molar-refractivity contribution in [2.24, 2.45) is 0 Å². The summed E-state index contributed by atoms with van der Waals surface area (Å²) in [5.41, 5.74) is 3.07. The van der Waals surface area contributed by atoms with Crippen molar-refractivity contribution in [3.8, 4) is 17.0 Å². The molecule has 0 unspecified atom stereocenters. The van der Waals surface area contributed by atoms with Crippen LogP contribution < -0.4 is 9.64 Å². The minimum Gasteiger partial charge on any atom is -0.497 e. The lowest BCUT2D eigenvalue weighted by Crippen LogP contribution is -2.22. The molecule has 0 saturated carbocycles. The number of nitrogens with zero attached hydrogens (tertiary/aromatic N) is 4. The van der Waals surface area contributed by atoms with Crippen molar-refractivity contribution in [3.63, 3.8) is 0 Å². The molecule has 132 valence electrons. The van der Waals surface area contributed by atoms with Gasteiger partial charge in [0, 0.05) is 29.6 Å². The first-order valence-electron chi connectivity index (χ1n) is 8.57. The number of hydrogen-bond acceptors (Lipinski definition) is 5. The van der Waals surface area contributed by atoms with Crippen molar-refractivity contribution in [2.45, 2.75) is 12.3 Å². The van der Waals surface area contributed by atoms with Gasteiger partial charge in [-0.2, -0.15) is 5.10 Å². The minimum atomic E-state index is 0.432. The van der Waals surface area contributed by atoms with Gasteiger partial charge in [0.05, 0.1) is 19.0 Å². The second-order valence-electron chi connectivity index (χ2n) is 6.36. The van der Waals surface area contributed by atoms with Crippen LogP contribution in [0.3, 0.4) is 0 Å². The van der Waals surface area contributed by atoms with Crippen molar-refractivity contribution in [1.29, 1.82) is 0 Å². The molecular weight excluding hydrogens is 348 g/mol. The van der Waals surface area contributed by atoms with Gasteiger partial charge in [0.15, 0.2) is 0 Å². The normalized spacial score (nSPS) is 16.7. The number of halogens is 1. The van der Waals surface area contributed by atoms with E-state index in [0.29, 0.717) is 11.9 Å². The van der Waals surface area contributed by atoms with E-state index >= 15 is 0 Å². The first-order valence-corrected chi connectivity index (χ1v) is 8.95. The molecule has 2 heterocycles. The summed E-state index contributed by atoms with van der Waals surface area (Å²) >= 11 is 6.13. The van der Waals surface area contributed by atoms with Crippen LogP contribution in [0.1, 0.15) is 17.9 Å². The third-order valence-corrected chi connectivity index (χ3v) is 4.96. The molecule has 0 aliphatic carbocycles. The van der Waals surface area contributed by atoms with Crippen LogP contribution >= 0.6 is 11.6 Å². The Bertz CT molecular complexity index is 900. The van der Waals surface area contributed by atoms with Gasteiger partial charge < -0.3 is 9.64 Å². The Hall–Kier alpha value is -2.66. The third-order valence-electron chi connectivity index (χ3n) is 4.72. The largest absolute Gasteiger partial charge is 0.497 e. The van der Waals surface area contributed by atoms with Crippen LogP contribution in [0, 0.1) is 0 Å². The maximum Gasteiger partial charge on any atom is 0.245 e. The Morgan fingerprint density at radius 1 is 1.15 bits per heavy atom. The zero-order valence-electron chi connectivity index (χ0n) is 14.5. The van der Waals surface area contributed by atoms with E-state index in [2.05, 4.69) is 21.2 Å². The molecular formula is C20H19ClN4O. The maximum absolute atomic E-state index is 6.13. The van der Waals surface area contributed by atoms with Gasteiger partial charge in [0.1, 0.15) is 5.75 Å². The molecule has 6 heteroatoms. The lowest BCUT2D eigenvalue weighted by atomic mass is 9.99. The van der Waals surface area contributed by atoms with Crippen LogP contribution in [0.2, 0.25) is 5.02 Å². The zero-order chi connectivity index (χ0) is 17.9. The Morgan fingerprint density at radius 3 is 2.77 bits per heavy atom. The lowest BCUT2D eigenvalue weighted by molar-refractivity contribution is 0.415. The second-order valence-corrected chi connectivity index (χ2v) is 6.79. The summed E-state index contributed by atoms with van der Waals surface area (Å²) in [5, 5.41) is 9.17. The summed E-state index contributed by atoms with van der Waals surface area (Å²) in [6, 6.07) is 15.9. The molecule has 0 radical (unpaired) electrons. The number of aromatic nitrogens is 3. The standard InChI is InChI=1S/C20H19ClN4O/c1-26-18-7-5-14(6-8-18)19-12-22-24-20(23-19)25-10-9-16(13-25)15-3-2-4-17(21)11-15/h2-8,11-12,16H,9-10,13H2,1H3/t16-/m0/s1. The summed E-state index contributed by atoms with van der Waals surface area (Å²) in [5.74, 6) is 1.92. The van der Waals surface area contributed by atoms with Crippen molar-refractivity contribution in [1.82, 2.24) is 15.2 Å². The average molecular weight is 367 g/mol. The SMILES string of the molecule is COc1ccc(-c2cnnc(N3CC[C@H](c4cccc(Cl)c4)C3)n2)cc1. The van der Waals surface area contributed by atoms with Crippen LogP contribution in [0.5, 0.6) is 5.75 Å². The molecule has 1 fully saturated rings. The highest BCUT2D eigenvalue weighted by Gasteiger charge is 2.26. The monoisotopic (exact) mass is 366 g/mol. The van der Waals surface area contributed by atoms with E-state index in [4.69, 9.17) is 21.3 Å². The molecule has 26 heavy (non-hydrogen) atoms. The number of methoxy groups -OCH3 is 1. The van der Waals surface area contributed by atoms with Crippen LogP contribution in [-0.2, 0) is 0 Å². The number of hydrogen-bond donors (Lipinski definition) is 0. The topological polar surface area (TPSA) is 51.1 Å². The van der Waals surface area contributed by atoms with Gasteiger partial charge in [-0.1, -0.05) is 23.7 Å². The minimum absolute atomic E-state index is 0.432. The molecule has 5 nitrogen and oxygen atoms in total. The summed E-state index contributed by atoms with van der Waals surface area (Å²) in [6.45, 7) is 1.78. The maximum atomic E-state index is 6.13. The van der Waals surface area contributed by atoms with E-state index in [1.54, 1.807) is 13.3 Å². The highest BCUT2D eigenvalue weighted by molar-refractivity contribution is 6.30. The fourth-order valence-electron chi connectivity index (χ4n) is 3.30. The van der Waals surface area contributed by atoms with Gasteiger partial charge in [-0.05, 0) is 48.4 Å². The summed E-state index contributed by atoms with van der Waals surface area (Å²) < 4.78 is 5.21. The first kappa shape index (κ1) is 16.8. The van der Waals surface area contributed by atoms with Crippen molar-refractivity contribution >= 4 is 17.5 Å².